The first-order chi connectivity index (χ1) is 18.5. The molecule has 0 spiro atoms. The second-order valence-corrected chi connectivity index (χ2v) is 10.0. The van der Waals surface area contributed by atoms with Gasteiger partial charge in [0.1, 0.15) is 0 Å². The number of carbonyl (C=O) groups excluding carboxylic acids is 1. The molecule has 0 aliphatic heterocycles. The number of nitrogens with zero attached hydrogens (tertiary/aromatic N) is 3. The largest absolute Gasteiger partial charge is 0.349 e. The molecular formula is C30H23Cl3N4O. The molecule has 5 rings (SSSR count). The molecule has 4 aromatic carbocycles. The van der Waals surface area contributed by atoms with Crippen LogP contribution in [0.5, 0.6) is 0 Å². The van der Waals surface area contributed by atoms with Crippen LogP contribution in [0.2, 0.25) is 15.1 Å². The minimum absolute atomic E-state index is 0.0691. The fourth-order valence-corrected chi connectivity index (χ4v) is 4.89. The first kappa shape index (κ1) is 26.0. The van der Waals surface area contributed by atoms with Crippen LogP contribution >= 0.6 is 34.8 Å². The summed E-state index contributed by atoms with van der Waals surface area (Å²) in [6.45, 7) is 0.161. The Bertz CT molecular complexity index is 1500. The van der Waals surface area contributed by atoms with Crippen molar-refractivity contribution in [3.63, 3.8) is 0 Å². The summed E-state index contributed by atoms with van der Waals surface area (Å²) in [5.74, 6) is 0.851. The van der Waals surface area contributed by atoms with Crippen LogP contribution in [-0.2, 0) is 11.3 Å². The molecule has 38 heavy (non-hydrogen) atoms. The lowest BCUT2D eigenvalue weighted by Crippen LogP contribution is -2.25. The van der Waals surface area contributed by atoms with Gasteiger partial charge in [0.2, 0.25) is 5.91 Å². The SMILES string of the molecule is O=C(CC(c1ccccc1)c1ccccc1)NCc1nc(-c2ccc(Cl)cc2)n(-c2ccc(Cl)cc2Cl)n1. The van der Waals surface area contributed by atoms with E-state index in [1.807, 2.05) is 72.8 Å². The number of halogens is 3. The van der Waals surface area contributed by atoms with Gasteiger partial charge in [0.05, 0.1) is 17.3 Å². The molecule has 8 heteroatoms. The maximum absolute atomic E-state index is 13.1. The van der Waals surface area contributed by atoms with Crippen molar-refractivity contribution in [2.24, 2.45) is 0 Å². The number of rotatable bonds is 8. The van der Waals surface area contributed by atoms with Crippen molar-refractivity contribution in [3.05, 3.63) is 135 Å². The molecule has 1 N–H and O–H groups in total. The van der Waals surface area contributed by atoms with E-state index in [4.69, 9.17) is 39.8 Å². The Morgan fingerprint density at radius 2 is 1.39 bits per heavy atom. The highest BCUT2D eigenvalue weighted by atomic mass is 35.5. The van der Waals surface area contributed by atoms with Crippen molar-refractivity contribution in [1.29, 1.82) is 0 Å². The van der Waals surface area contributed by atoms with E-state index in [0.29, 0.717) is 38.8 Å². The normalized spacial score (nSPS) is 11.1. The van der Waals surface area contributed by atoms with Gasteiger partial charge >= 0.3 is 0 Å². The summed E-state index contributed by atoms with van der Waals surface area (Å²) in [5.41, 5.74) is 3.59. The number of hydrogen-bond acceptors (Lipinski definition) is 3. The molecule has 1 heterocycles. The molecule has 0 unspecified atom stereocenters. The van der Waals surface area contributed by atoms with Crippen molar-refractivity contribution in [2.75, 3.05) is 0 Å². The third-order valence-corrected chi connectivity index (χ3v) is 6.92. The van der Waals surface area contributed by atoms with E-state index in [1.54, 1.807) is 35.0 Å². The van der Waals surface area contributed by atoms with Crippen LogP contribution < -0.4 is 5.32 Å². The summed E-state index contributed by atoms with van der Waals surface area (Å²) < 4.78 is 1.65. The summed E-state index contributed by atoms with van der Waals surface area (Å²) in [4.78, 5) is 17.8. The standard InChI is InChI=1S/C30H23Cl3N4O/c31-23-13-11-22(12-14-23)30-35-28(36-37(30)27-16-15-24(32)17-26(27)33)19-34-29(38)18-25(20-7-3-1-4-8-20)21-9-5-2-6-10-21/h1-17,25H,18-19H2,(H,34,38). The molecule has 190 valence electrons. The van der Waals surface area contributed by atoms with E-state index in [1.165, 1.54) is 0 Å². The first-order valence-corrected chi connectivity index (χ1v) is 13.2. The van der Waals surface area contributed by atoms with Crippen molar-refractivity contribution in [2.45, 2.75) is 18.9 Å². The van der Waals surface area contributed by atoms with Gasteiger partial charge < -0.3 is 5.32 Å². The molecule has 1 amide bonds. The van der Waals surface area contributed by atoms with Crippen LogP contribution in [0.3, 0.4) is 0 Å². The molecule has 0 bridgehead atoms. The zero-order chi connectivity index (χ0) is 26.5. The van der Waals surface area contributed by atoms with Gasteiger partial charge in [-0.2, -0.15) is 0 Å². The molecule has 0 aliphatic rings. The van der Waals surface area contributed by atoms with Gasteiger partial charge in [0.15, 0.2) is 11.6 Å². The zero-order valence-corrected chi connectivity index (χ0v) is 22.5. The molecule has 0 atom stereocenters. The van der Waals surface area contributed by atoms with Crippen LogP contribution in [0.15, 0.2) is 103 Å². The Balaban J connectivity index is 1.39. The number of hydrogen-bond donors (Lipinski definition) is 1. The van der Waals surface area contributed by atoms with Gasteiger partial charge in [-0.1, -0.05) is 95.5 Å². The van der Waals surface area contributed by atoms with Crippen LogP contribution in [0.4, 0.5) is 0 Å². The minimum Gasteiger partial charge on any atom is -0.349 e. The zero-order valence-electron chi connectivity index (χ0n) is 20.2. The predicted octanol–water partition coefficient (Wildman–Crippen LogP) is 7.73. The van der Waals surface area contributed by atoms with Crippen molar-refractivity contribution in [1.82, 2.24) is 20.1 Å². The smallest absolute Gasteiger partial charge is 0.221 e. The van der Waals surface area contributed by atoms with Gasteiger partial charge in [0, 0.05) is 27.9 Å². The second-order valence-electron chi connectivity index (χ2n) is 8.72. The average Bonchev–Trinajstić information content (AvgIpc) is 3.36. The van der Waals surface area contributed by atoms with Crippen LogP contribution in [-0.4, -0.2) is 20.7 Å². The Morgan fingerprint density at radius 1 is 0.789 bits per heavy atom. The fraction of sp³-hybridized carbons (Fsp3) is 0.100. The third kappa shape index (κ3) is 6.08. The van der Waals surface area contributed by atoms with Crippen LogP contribution in [0.1, 0.15) is 29.3 Å². The van der Waals surface area contributed by atoms with Gasteiger partial charge in [-0.3, -0.25) is 4.79 Å². The number of aromatic nitrogens is 3. The average molecular weight is 562 g/mol. The number of nitrogens with one attached hydrogen (secondary N) is 1. The number of benzene rings is 4. The third-order valence-electron chi connectivity index (χ3n) is 6.13. The summed E-state index contributed by atoms with van der Waals surface area (Å²) in [6, 6.07) is 32.5. The summed E-state index contributed by atoms with van der Waals surface area (Å²) in [7, 11) is 0. The highest BCUT2D eigenvalue weighted by Gasteiger charge is 2.20. The van der Waals surface area contributed by atoms with Crippen LogP contribution in [0.25, 0.3) is 17.1 Å². The highest BCUT2D eigenvalue weighted by Crippen LogP contribution is 2.30. The molecule has 0 fully saturated rings. The van der Waals surface area contributed by atoms with E-state index >= 15 is 0 Å². The lowest BCUT2D eigenvalue weighted by molar-refractivity contribution is -0.121. The monoisotopic (exact) mass is 560 g/mol. The van der Waals surface area contributed by atoms with E-state index in [9.17, 15) is 4.79 Å². The Kier molecular flexibility index (Phi) is 8.08. The molecule has 1 aromatic heterocycles. The van der Waals surface area contributed by atoms with Crippen LogP contribution in [0, 0.1) is 0 Å². The summed E-state index contributed by atoms with van der Waals surface area (Å²) >= 11 is 18.7. The Morgan fingerprint density at radius 3 is 2.00 bits per heavy atom. The minimum atomic E-state index is -0.100. The lowest BCUT2D eigenvalue weighted by Gasteiger charge is -2.17. The number of amides is 1. The fourth-order valence-electron chi connectivity index (χ4n) is 4.27. The highest BCUT2D eigenvalue weighted by molar-refractivity contribution is 6.35. The quantitative estimate of drug-likeness (QED) is 0.211. The molecule has 0 aliphatic carbocycles. The molecule has 5 nitrogen and oxygen atoms in total. The maximum atomic E-state index is 13.1. The van der Waals surface area contributed by atoms with E-state index < -0.39 is 0 Å². The molecule has 0 radical (unpaired) electrons. The molecular weight excluding hydrogens is 539 g/mol. The molecule has 0 saturated carbocycles. The van der Waals surface area contributed by atoms with Gasteiger partial charge in [-0.05, 0) is 53.6 Å². The first-order valence-electron chi connectivity index (χ1n) is 12.0. The second kappa shape index (κ2) is 11.8. The Labute approximate surface area is 236 Å². The molecule has 0 saturated heterocycles. The summed E-state index contributed by atoms with van der Waals surface area (Å²) in [6.07, 6.45) is 0.293. The van der Waals surface area contributed by atoms with Crippen molar-refractivity contribution < 1.29 is 4.79 Å². The van der Waals surface area contributed by atoms with Gasteiger partial charge in [-0.25, -0.2) is 9.67 Å². The number of carbonyl (C=O) groups is 1. The lowest BCUT2D eigenvalue weighted by atomic mass is 9.88. The Hall–Kier alpha value is -3.64. The predicted molar refractivity (Wildman–Crippen MR) is 153 cm³/mol. The summed E-state index contributed by atoms with van der Waals surface area (Å²) in [5, 5.41) is 9.23. The topological polar surface area (TPSA) is 59.8 Å². The van der Waals surface area contributed by atoms with E-state index in [0.717, 1.165) is 16.7 Å². The van der Waals surface area contributed by atoms with Gasteiger partial charge in [0.25, 0.3) is 0 Å². The van der Waals surface area contributed by atoms with Gasteiger partial charge in [-0.15, -0.1) is 5.10 Å². The molecule has 5 aromatic rings. The van der Waals surface area contributed by atoms with E-state index in [-0.39, 0.29) is 18.4 Å². The van der Waals surface area contributed by atoms with Crippen molar-refractivity contribution >= 4 is 40.7 Å². The van der Waals surface area contributed by atoms with Crippen molar-refractivity contribution in [3.8, 4) is 17.1 Å². The van der Waals surface area contributed by atoms with E-state index in [2.05, 4.69) is 10.4 Å². The maximum Gasteiger partial charge on any atom is 0.221 e.